The lowest BCUT2D eigenvalue weighted by atomic mass is 10.3. The summed E-state index contributed by atoms with van der Waals surface area (Å²) in [5.74, 6) is -0.833. The van der Waals surface area contributed by atoms with Crippen molar-refractivity contribution in [2.24, 2.45) is 0 Å². The van der Waals surface area contributed by atoms with Crippen molar-refractivity contribution in [1.82, 2.24) is 4.90 Å². The van der Waals surface area contributed by atoms with E-state index in [1.54, 1.807) is 0 Å². The second-order valence-electron chi connectivity index (χ2n) is 3.75. The molecular weight excluding hydrogens is 210 g/mol. The van der Waals surface area contributed by atoms with Gasteiger partial charge in [-0.15, -0.1) is 0 Å². The van der Waals surface area contributed by atoms with Gasteiger partial charge in [0.2, 0.25) is 0 Å². The maximum Gasteiger partial charge on any atom is 0.300 e. The van der Waals surface area contributed by atoms with Gasteiger partial charge in [0.15, 0.2) is 0 Å². The Kier molecular flexibility index (Phi) is 8.15. The molecular formula is C11H23NO4. The highest BCUT2D eigenvalue weighted by Gasteiger charge is 2.20. The quantitative estimate of drug-likeness (QED) is 0.793. The van der Waals surface area contributed by atoms with E-state index in [9.17, 15) is 0 Å². The topological polar surface area (TPSA) is 59.0 Å². The van der Waals surface area contributed by atoms with E-state index in [4.69, 9.17) is 19.4 Å². The number of nitrogens with zero attached hydrogens (tertiary/aromatic N) is 1. The van der Waals surface area contributed by atoms with E-state index in [2.05, 4.69) is 18.7 Å². The standard InChI is InChI=1S/C9H19NO2.C2H4O2/c1-4-11-9(3)10-5-6-12-8(2)7-10;1-2(3)4/h8-9H,4-7H2,1-3H3;1H3,(H,3,4). The van der Waals surface area contributed by atoms with Crippen LogP contribution in [0.15, 0.2) is 0 Å². The molecule has 2 atom stereocenters. The fraction of sp³-hybridized carbons (Fsp3) is 0.909. The molecule has 1 aliphatic rings. The van der Waals surface area contributed by atoms with Crippen molar-refractivity contribution in [2.45, 2.75) is 40.0 Å². The summed E-state index contributed by atoms with van der Waals surface area (Å²) in [6.07, 6.45) is 0.586. The summed E-state index contributed by atoms with van der Waals surface area (Å²) < 4.78 is 10.9. The van der Waals surface area contributed by atoms with Gasteiger partial charge in [0.1, 0.15) is 6.23 Å². The molecule has 5 nitrogen and oxygen atoms in total. The van der Waals surface area contributed by atoms with Gasteiger partial charge in [-0.3, -0.25) is 9.69 Å². The minimum Gasteiger partial charge on any atom is -0.481 e. The minimum atomic E-state index is -0.833. The predicted octanol–water partition coefficient (Wildman–Crippen LogP) is 1.18. The van der Waals surface area contributed by atoms with Crippen LogP contribution in [0.5, 0.6) is 0 Å². The molecule has 1 saturated heterocycles. The molecule has 1 rings (SSSR count). The van der Waals surface area contributed by atoms with Crippen molar-refractivity contribution in [3.8, 4) is 0 Å². The third kappa shape index (κ3) is 7.62. The maximum atomic E-state index is 9.00. The van der Waals surface area contributed by atoms with Crippen LogP contribution in [0.2, 0.25) is 0 Å². The molecule has 0 saturated carbocycles. The Morgan fingerprint density at radius 3 is 2.69 bits per heavy atom. The molecule has 0 aromatic rings. The predicted molar refractivity (Wildman–Crippen MR) is 61.4 cm³/mol. The largest absolute Gasteiger partial charge is 0.481 e. The fourth-order valence-corrected chi connectivity index (χ4v) is 1.52. The third-order valence-electron chi connectivity index (χ3n) is 2.19. The molecule has 1 N–H and O–H groups in total. The monoisotopic (exact) mass is 233 g/mol. The molecule has 0 radical (unpaired) electrons. The Hall–Kier alpha value is -0.650. The molecule has 0 amide bonds. The van der Waals surface area contributed by atoms with Gasteiger partial charge < -0.3 is 14.6 Å². The van der Waals surface area contributed by atoms with Gasteiger partial charge in [-0.1, -0.05) is 0 Å². The van der Waals surface area contributed by atoms with Crippen molar-refractivity contribution < 1.29 is 19.4 Å². The SMILES string of the molecule is CC(=O)O.CCOC(C)N1CCOC(C)C1. The van der Waals surface area contributed by atoms with Crippen molar-refractivity contribution in [1.29, 1.82) is 0 Å². The van der Waals surface area contributed by atoms with Crippen LogP contribution >= 0.6 is 0 Å². The number of aliphatic carboxylic acids is 1. The molecule has 1 aliphatic heterocycles. The van der Waals surface area contributed by atoms with E-state index in [1.807, 2.05) is 6.92 Å². The van der Waals surface area contributed by atoms with Gasteiger partial charge in [-0.2, -0.15) is 0 Å². The summed E-state index contributed by atoms with van der Waals surface area (Å²) in [4.78, 5) is 11.3. The number of carbonyl (C=O) groups is 1. The highest BCUT2D eigenvalue weighted by molar-refractivity contribution is 5.62. The van der Waals surface area contributed by atoms with Crippen LogP contribution in [-0.2, 0) is 14.3 Å². The Morgan fingerprint density at radius 1 is 1.69 bits per heavy atom. The second kappa shape index (κ2) is 8.50. The zero-order valence-electron chi connectivity index (χ0n) is 10.6. The van der Waals surface area contributed by atoms with E-state index in [0.29, 0.717) is 6.10 Å². The molecule has 1 fully saturated rings. The van der Waals surface area contributed by atoms with Crippen LogP contribution in [0.25, 0.3) is 0 Å². The number of carboxylic acid groups (broad SMARTS) is 1. The molecule has 1 heterocycles. The smallest absolute Gasteiger partial charge is 0.300 e. The van der Waals surface area contributed by atoms with Gasteiger partial charge in [0.25, 0.3) is 5.97 Å². The number of hydrogen-bond donors (Lipinski definition) is 1. The van der Waals surface area contributed by atoms with Crippen LogP contribution in [0.4, 0.5) is 0 Å². The number of hydrogen-bond acceptors (Lipinski definition) is 4. The van der Waals surface area contributed by atoms with Crippen LogP contribution in [0.1, 0.15) is 27.7 Å². The van der Waals surface area contributed by atoms with E-state index in [1.165, 1.54) is 0 Å². The van der Waals surface area contributed by atoms with Gasteiger partial charge >= 0.3 is 0 Å². The molecule has 2 unspecified atom stereocenters. The zero-order valence-corrected chi connectivity index (χ0v) is 10.6. The highest BCUT2D eigenvalue weighted by Crippen LogP contribution is 2.08. The number of ether oxygens (including phenoxy) is 2. The molecule has 0 spiro atoms. The first-order valence-corrected chi connectivity index (χ1v) is 5.64. The number of rotatable bonds is 3. The highest BCUT2D eigenvalue weighted by atomic mass is 16.5. The first-order chi connectivity index (χ1) is 7.47. The second-order valence-corrected chi connectivity index (χ2v) is 3.75. The Morgan fingerprint density at radius 2 is 2.25 bits per heavy atom. The average molecular weight is 233 g/mol. The molecule has 5 heteroatoms. The average Bonchev–Trinajstić information content (AvgIpc) is 2.17. The molecule has 0 bridgehead atoms. The Bertz CT molecular complexity index is 194. The third-order valence-corrected chi connectivity index (χ3v) is 2.19. The minimum absolute atomic E-state index is 0.237. The first-order valence-electron chi connectivity index (χ1n) is 5.64. The Labute approximate surface area is 97.3 Å². The summed E-state index contributed by atoms with van der Waals surface area (Å²) in [5, 5.41) is 7.42. The summed E-state index contributed by atoms with van der Waals surface area (Å²) in [5.41, 5.74) is 0. The molecule has 16 heavy (non-hydrogen) atoms. The van der Waals surface area contributed by atoms with Crippen LogP contribution in [0, 0.1) is 0 Å². The van der Waals surface area contributed by atoms with Crippen molar-refractivity contribution in [3.05, 3.63) is 0 Å². The summed E-state index contributed by atoms with van der Waals surface area (Å²) in [6, 6.07) is 0. The van der Waals surface area contributed by atoms with Gasteiger partial charge in [0.05, 0.1) is 12.7 Å². The van der Waals surface area contributed by atoms with E-state index >= 15 is 0 Å². The van der Waals surface area contributed by atoms with Gasteiger partial charge in [0, 0.05) is 26.6 Å². The summed E-state index contributed by atoms with van der Waals surface area (Å²) in [6.45, 7) is 10.9. The van der Waals surface area contributed by atoms with Crippen molar-refractivity contribution in [2.75, 3.05) is 26.3 Å². The summed E-state index contributed by atoms with van der Waals surface area (Å²) in [7, 11) is 0. The zero-order chi connectivity index (χ0) is 12.6. The van der Waals surface area contributed by atoms with Gasteiger partial charge in [-0.25, -0.2) is 0 Å². The van der Waals surface area contributed by atoms with Crippen LogP contribution in [0.3, 0.4) is 0 Å². The van der Waals surface area contributed by atoms with E-state index in [0.717, 1.165) is 33.2 Å². The first kappa shape index (κ1) is 15.3. The summed E-state index contributed by atoms with van der Waals surface area (Å²) >= 11 is 0. The normalized spacial score (nSPS) is 23.1. The number of carboxylic acids is 1. The van der Waals surface area contributed by atoms with E-state index in [-0.39, 0.29) is 6.23 Å². The maximum absolute atomic E-state index is 9.00. The lowest BCUT2D eigenvalue weighted by Gasteiger charge is -2.35. The van der Waals surface area contributed by atoms with E-state index < -0.39 is 5.97 Å². The fourth-order valence-electron chi connectivity index (χ4n) is 1.52. The molecule has 96 valence electrons. The van der Waals surface area contributed by atoms with Crippen molar-refractivity contribution in [3.63, 3.8) is 0 Å². The van der Waals surface area contributed by atoms with Crippen LogP contribution < -0.4 is 0 Å². The van der Waals surface area contributed by atoms with Crippen molar-refractivity contribution >= 4 is 5.97 Å². The number of morpholine rings is 1. The molecule has 0 aromatic carbocycles. The Balaban J connectivity index is 0.000000487. The lowest BCUT2D eigenvalue weighted by Crippen LogP contribution is -2.46. The molecule has 0 aromatic heterocycles. The van der Waals surface area contributed by atoms with Crippen LogP contribution in [-0.4, -0.2) is 54.6 Å². The van der Waals surface area contributed by atoms with Gasteiger partial charge in [-0.05, 0) is 20.8 Å². The lowest BCUT2D eigenvalue weighted by molar-refractivity contribution is -0.134. The molecule has 0 aliphatic carbocycles.